The van der Waals surface area contributed by atoms with E-state index in [1.54, 1.807) is 43.3 Å². The Morgan fingerprint density at radius 3 is 2.39 bits per heavy atom. The van der Waals surface area contributed by atoms with E-state index in [4.69, 9.17) is 22.1 Å². The van der Waals surface area contributed by atoms with Gasteiger partial charge in [-0.25, -0.2) is 13.2 Å². The Bertz CT molecular complexity index is 1470. The minimum Gasteiger partial charge on any atom is -0.369 e. The third-order valence-corrected chi connectivity index (χ3v) is 9.11. The molecule has 3 atom stereocenters. The van der Waals surface area contributed by atoms with E-state index in [0.29, 0.717) is 60.7 Å². The van der Waals surface area contributed by atoms with Crippen LogP contribution in [0, 0.1) is 17.5 Å². The quantitative estimate of drug-likeness (QED) is 0.335. The number of carbonyl (C=O) groups excluding carboxylic acids is 2. The number of likely N-dealkylation sites (tertiary alicyclic amines) is 1. The lowest BCUT2D eigenvalue weighted by Gasteiger charge is -2.46. The van der Waals surface area contributed by atoms with E-state index in [9.17, 15) is 18.4 Å². The van der Waals surface area contributed by atoms with Crippen LogP contribution in [0.15, 0.2) is 60.7 Å². The number of morpholine rings is 1. The molecule has 44 heavy (non-hydrogen) atoms. The number of hydrogen-bond acceptors (Lipinski definition) is 5. The number of nitrogens with two attached hydrogens (primary N) is 1. The first-order valence-electron chi connectivity index (χ1n) is 14.9. The van der Waals surface area contributed by atoms with Crippen LogP contribution in [0.25, 0.3) is 0 Å². The fourth-order valence-corrected chi connectivity index (χ4v) is 6.59. The molecule has 2 heterocycles. The van der Waals surface area contributed by atoms with Crippen molar-refractivity contribution in [3.05, 3.63) is 105 Å². The number of ketones is 1. The van der Waals surface area contributed by atoms with E-state index in [0.717, 1.165) is 31.0 Å². The molecule has 3 aromatic carbocycles. The predicted molar refractivity (Wildman–Crippen MR) is 163 cm³/mol. The molecular weight excluding hydrogens is 591 g/mol. The van der Waals surface area contributed by atoms with Crippen LogP contribution in [0.1, 0.15) is 54.4 Å². The summed E-state index contributed by atoms with van der Waals surface area (Å²) in [5.41, 5.74) is 7.89. The number of amides is 1. The molecule has 0 radical (unpaired) electrons. The van der Waals surface area contributed by atoms with Gasteiger partial charge in [0.05, 0.1) is 17.7 Å². The molecule has 0 bridgehead atoms. The number of ether oxygens (including phenoxy) is 1. The fourth-order valence-electron chi connectivity index (χ4n) is 6.46. The second-order valence-electron chi connectivity index (χ2n) is 11.9. The molecule has 2 aliphatic rings. The van der Waals surface area contributed by atoms with Crippen molar-refractivity contribution >= 4 is 23.3 Å². The van der Waals surface area contributed by atoms with E-state index in [-0.39, 0.29) is 29.6 Å². The molecule has 3 N–H and O–H groups in total. The molecule has 10 heteroatoms. The van der Waals surface area contributed by atoms with Gasteiger partial charge in [0.2, 0.25) is 5.91 Å². The second kappa shape index (κ2) is 13.8. The summed E-state index contributed by atoms with van der Waals surface area (Å²) in [5.74, 6) is -3.17. The van der Waals surface area contributed by atoms with Crippen molar-refractivity contribution in [1.29, 1.82) is 0 Å². The van der Waals surface area contributed by atoms with Gasteiger partial charge < -0.3 is 20.7 Å². The Kier molecular flexibility index (Phi) is 10.1. The summed E-state index contributed by atoms with van der Waals surface area (Å²) in [6, 6.07) is 13.2. The molecule has 1 amide bonds. The summed E-state index contributed by atoms with van der Waals surface area (Å²) < 4.78 is 50.2. The lowest BCUT2D eigenvalue weighted by Crippen LogP contribution is -2.58. The number of piperidine rings is 1. The summed E-state index contributed by atoms with van der Waals surface area (Å²) in [5, 5.41) is 3.92. The van der Waals surface area contributed by atoms with Gasteiger partial charge in [0.25, 0.3) is 0 Å². The van der Waals surface area contributed by atoms with Crippen molar-refractivity contribution in [2.45, 2.75) is 62.7 Å². The highest BCUT2D eigenvalue weighted by atomic mass is 35.5. The number of hydrogen-bond donors (Lipinski definition) is 2. The van der Waals surface area contributed by atoms with Gasteiger partial charge in [0, 0.05) is 56.5 Å². The van der Waals surface area contributed by atoms with Crippen LogP contribution < -0.4 is 11.1 Å². The molecule has 0 saturated carbocycles. The smallest absolute Gasteiger partial charge is 0.219 e. The predicted octanol–water partition coefficient (Wildman–Crippen LogP) is 5.33. The molecule has 3 aromatic rings. The second-order valence-corrected chi connectivity index (χ2v) is 12.3. The largest absolute Gasteiger partial charge is 0.369 e. The summed E-state index contributed by atoms with van der Waals surface area (Å²) in [7, 11) is 0. The third kappa shape index (κ3) is 7.51. The lowest BCUT2D eigenvalue weighted by atomic mass is 9.82. The van der Waals surface area contributed by atoms with Crippen LogP contribution in [0.5, 0.6) is 0 Å². The lowest BCUT2D eigenvalue weighted by molar-refractivity contribution is -0.153. The zero-order valence-electron chi connectivity index (χ0n) is 24.6. The third-order valence-electron chi connectivity index (χ3n) is 8.86. The van der Waals surface area contributed by atoms with E-state index in [1.807, 2.05) is 4.90 Å². The maximum absolute atomic E-state index is 15.2. The van der Waals surface area contributed by atoms with E-state index in [2.05, 4.69) is 5.32 Å². The number of halogens is 4. The van der Waals surface area contributed by atoms with Crippen LogP contribution in [0.2, 0.25) is 5.02 Å². The normalized spacial score (nSPS) is 19.5. The van der Waals surface area contributed by atoms with Crippen molar-refractivity contribution in [2.24, 2.45) is 5.73 Å². The maximum atomic E-state index is 15.2. The van der Waals surface area contributed by atoms with Gasteiger partial charge in [-0.3, -0.25) is 9.59 Å². The molecule has 2 aliphatic heterocycles. The fraction of sp³-hybridized carbons (Fsp3) is 0.412. The van der Waals surface area contributed by atoms with Crippen LogP contribution in [0.3, 0.4) is 0 Å². The van der Waals surface area contributed by atoms with Crippen LogP contribution in [0.4, 0.5) is 13.2 Å². The summed E-state index contributed by atoms with van der Waals surface area (Å²) in [6.45, 7) is 4.19. The zero-order valence-corrected chi connectivity index (χ0v) is 25.4. The van der Waals surface area contributed by atoms with Gasteiger partial charge >= 0.3 is 0 Å². The van der Waals surface area contributed by atoms with Crippen LogP contribution in [-0.4, -0.2) is 60.5 Å². The number of rotatable bonds is 9. The van der Waals surface area contributed by atoms with Crippen molar-refractivity contribution in [3.63, 3.8) is 0 Å². The Balaban J connectivity index is 1.31. The molecule has 234 valence electrons. The summed E-state index contributed by atoms with van der Waals surface area (Å²) in [6.07, 6.45) is 2.05. The Hall–Kier alpha value is -3.24. The van der Waals surface area contributed by atoms with Gasteiger partial charge in [-0.2, -0.15) is 0 Å². The molecule has 1 spiro atoms. The van der Waals surface area contributed by atoms with Gasteiger partial charge in [-0.05, 0) is 78.3 Å². The Labute approximate surface area is 260 Å². The minimum atomic E-state index is -1.17. The first kappa shape index (κ1) is 32.2. The first-order chi connectivity index (χ1) is 21.0. The standard InChI is InChI=1S/C34H37ClF3N3O3/c1-21(42)41-13-11-34(12-14-41)20-40-19-28(44-34)9-10-29-23(3-2-4-30(29)38)17-31(43)33(39)32(22-5-7-25(35)8-6-22)24-15-26(36)18-27(37)16-24/h2-8,15-16,18,28,32-33,40H,9-14,17,19-20,39H2,1H3/t28-,32+,33-/m1/s1. The van der Waals surface area contributed by atoms with Crippen molar-refractivity contribution < 1.29 is 27.5 Å². The average Bonchev–Trinajstić information content (AvgIpc) is 2.98. The number of carbonyl (C=O) groups is 2. The zero-order chi connectivity index (χ0) is 31.4. The van der Waals surface area contributed by atoms with Crippen molar-refractivity contribution in [3.8, 4) is 0 Å². The molecular formula is C34H37ClF3N3O3. The monoisotopic (exact) mass is 627 g/mol. The van der Waals surface area contributed by atoms with Crippen LogP contribution >= 0.6 is 11.6 Å². The van der Waals surface area contributed by atoms with E-state index >= 15 is 4.39 Å². The summed E-state index contributed by atoms with van der Waals surface area (Å²) in [4.78, 5) is 27.3. The van der Waals surface area contributed by atoms with Gasteiger partial charge in [-0.15, -0.1) is 0 Å². The first-order valence-corrected chi connectivity index (χ1v) is 15.3. The van der Waals surface area contributed by atoms with E-state index < -0.39 is 35.2 Å². The highest BCUT2D eigenvalue weighted by Gasteiger charge is 2.40. The van der Waals surface area contributed by atoms with Gasteiger partial charge in [-0.1, -0.05) is 35.9 Å². The maximum Gasteiger partial charge on any atom is 0.219 e. The molecule has 5 rings (SSSR count). The number of Topliss-reactive ketones (excluding diaryl/α,β-unsaturated/α-hetero) is 1. The molecule has 2 saturated heterocycles. The number of nitrogens with one attached hydrogen (secondary N) is 1. The SMILES string of the molecule is CC(=O)N1CCC2(CC1)CNC[C@@H](CCc1c(F)cccc1CC(=O)[C@@H](N)[C@@H](c1ccc(Cl)cc1)c1cc(F)cc(F)c1)O2. The minimum absolute atomic E-state index is 0.0594. The van der Waals surface area contributed by atoms with E-state index in [1.165, 1.54) is 6.07 Å². The van der Waals surface area contributed by atoms with Crippen molar-refractivity contribution in [1.82, 2.24) is 10.2 Å². The molecule has 6 nitrogen and oxygen atoms in total. The highest BCUT2D eigenvalue weighted by Crippen LogP contribution is 2.33. The molecule has 0 aliphatic carbocycles. The molecule has 2 fully saturated rings. The van der Waals surface area contributed by atoms with Gasteiger partial charge in [0.1, 0.15) is 17.5 Å². The topological polar surface area (TPSA) is 84.7 Å². The van der Waals surface area contributed by atoms with Gasteiger partial charge in [0.15, 0.2) is 5.78 Å². The highest BCUT2D eigenvalue weighted by molar-refractivity contribution is 6.30. The van der Waals surface area contributed by atoms with Crippen molar-refractivity contribution in [2.75, 3.05) is 26.2 Å². The summed E-state index contributed by atoms with van der Waals surface area (Å²) >= 11 is 6.06. The molecule has 0 unspecified atom stereocenters. The Morgan fingerprint density at radius 2 is 1.73 bits per heavy atom. The molecule has 0 aromatic heterocycles. The Morgan fingerprint density at radius 1 is 1.05 bits per heavy atom. The van der Waals surface area contributed by atoms with Crippen LogP contribution in [-0.2, 0) is 27.2 Å². The number of benzene rings is 3. The average molecular weight is 628 g/mol. The number of nitrogens with zero attached hydrogens (tertiary/aromatic N) is 1.